The summed E-state index contributed by atoms with van der Waals surface area (Å²) in [5.41, 5.74) is 7.29. The highest BCUT2D eigenvalue weighted by atomic mass is 16.2. The van der Waals surface area contributed by atoms with E-state index in [0.29, 0.717) is 6.54 Å². The van der Waals surface area contributed by atoms with Crippen molar-refractivity contribution < 1.29 is 4.79 Å². The first-order chi connectivity index (χ1) is 8.19. The number of benzene rings is 1. The van der Waals surface area contributed by atoms with Crippen LogP contribution in [0.15, 0.2) is 24.3 Å². The van der Waals surface area contributed by atoms with Gasteiger partial charge in [-0.2, -0.15) is 0 Å². The van der Waals surface area contributed by atoms with Crippen LogP contribution in [0, 0.1) is 0 Å². The minimum Gasteiger partial charge on any atom is -0.342 e. The highest BCUT2D eigenvalue weighted by molar-refractivity contribution is 5.94. The molecule has 3 heteroatoms. The Balaban J connectivity index is 2.61. The third kappa shape index (κ3) is 4.19. The Morgan fingerprint density at radius 1 is 1.35 bits per heavy atom. The van der Waals surface area contributed by atoms with Gasteiger partial charge in [0.1, 0.15) is 0 Å². The summed E-state index contributed by atoms with van der Waals surface area (Å²) in [6.45, 7) is 3.45. The van der Waals surface area contributed by atoms with Gasteiger partial charge in [-0.25, -0.2) is 0 Å². The number of hydrogen-bond acceptors (Lipinski definition) is 2. The number of carbonyl (C=O) groups excluding carboxylic acids is 1. The molecule has 0 spiro atoms. The summed E-state index contributed by atoms with van der Waals surface area (Å²) in [6.07, 6.45) is 3.40. The van der Waals surface area contributed by atoms with Crippen molar-refractivity contribution in [3.8, 4) is 0 Å². The van der Waals surface area contributed by atoms with Crippen LogP contribution in [-0.4, -0.2) is 24.4 Å². The largest absolute Gasteiger partial charge is 0.342 e. The van der Waals surface area contributed by atoms with E-state index < -0.39 is 0 Å². The Morgan fingerprint density at radius 2 is 2.12 bits per heavy atom. The van der Waals surface area contributed by atoms with Gasteiger partial charge in [-0.15, -0.1) is 0 Å². The molecule has 0 saturated heterocycles. The number of carbonyl (C=O) groups is 1. The molecule has 17 heavy (non-hydrogen) atoms. The molecule has 0 bridgehead atoms. The highest BCUT2D eigenvalue weighted by Gasteiger charge is 2.10. The third-order valence-electron chi connectivity index (χ3n) is 2.85. The zero-order valence-corrected chi connectivity index (χ0v) is 10.8. The topological polar surface area (TPSA) is 46.3 Å². The molecule has 0 aliphatic carbocycles. The van der Waals surface area contributed by atoms with E-state index in [2.05, 4.69) is 6.92 Å². The van der Waals surface area contributed by atoms with Crippen LogP contribution < -0.4 is 5.73 Å². The van der Waals surface area contributed by atoms with Crippen molar-refractivity contribution in [1.82, 2.24) is 4.90 Å². The van der Waals surface area contributed by atoms with Gasteiger partial charge < -0.3 is 10.6 Å². The summed E-state index contributed by atoms with van der Waals surface area (Å²) < 4.78 is 0. The summed E-state index contributed by atoms with van der Waals surface area (Å²) in [4.78, 5) is 13.9. The van der Waals surface area contributed by atoms with E-state index in [1.165, 1.54) is 12.8 Å². The van der Waals surface area contributed by atoms with Gasteiger partial charge in [-0.3, -0.25) is 4.79 Å². The Kier molecular flexibility index (Phi) is 5.70. The van der Waals surface area contributed by atoms with Crippen molar-refractivity contribution in [3.05, 3.63) is 35.4 Å². The smallest absolute Gasteiger partial charge is 0.253 e. The van der Waals surface area contributed by atoms with Gasteiger partial charge in [-0.05, 0) is 24.1 Å². The summed E-state index contributed by atoms with van der Waals surface area (Å²) >= 11 is 0. The fourth-order valence-electron chi connectivity index (χ4n) is 1.75. The molecule has 1 amide bonds. The molecule has 0 aliphatic heterocycles. The SMILES string of the molecule is CCCCCN(C)C(=O)c1cccc(CN)c1. The van der Waals surface area contributed by atoms with Crippen LogP contribution in [0.5, 0.6) is 0 Å². The molecule has 0 aromatic heterocycles. The molecule has 1 aromatic rings. The lowest BCUT2D eigenvalue weighted by molar-refractivity contribution is 0.0792. The van der Waals surface area contributed by atoms with Crippen LogP contribution in [0.3, 0.4) is 0 Å². The molecule has 94 valence electrons. The maximum Gasteiger partial charge on any atom is 0.253 e. The van der Waals surface area contributed by atoms with Crippen LogP contribution in [0.25, 0.3) is 0 Å². The predicted octanol–water partition coefficient (Wildman–Crippen LogP) is 2.41. The lowest BCUT2D eigenvalue weighted by Crippen LogP contribution is -2.27. The van der Waals surface area contributed by atoms with E-state index >= 15 is 0 Å². The van der Waals surface area contributed by atoms with E-state index in [1.54, 1.807) is 4.90 Å². The van der Waals surface area contributed by atoms with Gasteiger partial charge in [0.05, 0.1) is 0 Å². The highest BCUT2D eigenvalue weighted by Crippen LogP contribution is 2.08. The average Bonchev–Trinajstić information content (AvgIpc) is 2.38. The summed E-state index contributed by atoms with van der Waals surface area (Å²) in [6, 6.07) is 7.54. The van der Waals surface area contributed by atoms with Crippen molar-refractivity contribution in [2.75, 3.05) is 13.6 Å². The van der Waals surface area contributed by atoms with Crippen LogP contribution in [0.1, 0.15) is 42.1 Å². The van der Waals surface area contributed by atoms with Crippen molar-refractivity contribution in [2.45, 2.75) is 32.7 Å². The Labute approximate surface area is 104 Å². The van der Waals surface area contributed by atoms with Gasteiger partial charge in [-0.1, -0.05) is 31.9 Å². The fourth-order valence-corrected chi connectivity index (χ4v) is 1.75. The van der Waals surface area contributed by atoms with E-state index in [1.807, 2.05) is 31.3 Å². The molecule has 2 N–H and O–H groups in total. The Morgan fingerprint density at radius 3 is 2.76 bits per heavy atom. The first-order valence-corrected chi connectivity index (χ1v) is 6.23. The minimum absolute atomic E-state index is 0.0800. The number of hydrogen-bond donors (Lipinski definition) is 1. The number of unbranched alkanes of at least 4 members (excludes halogenated alkanes) is 2. The molecule has 0 heterocycles. The predicted molar refractivity (Wildman–Crippen MR) is 70.8 cm³/mol. The lowest BCUT2D eigenvalue weighted by atomic mass is 10.1. The van der Waals surface area contributed by atoms with Crippen LogP contribution in [0.4, 0.5) is 0 Å². The summed E-state index contributed by atoms with van der Waals surface area (Å²) in [7, 11) is 1.85. The quantitative estimate of drug-likeness (QED) is 0.768. The van der Waals surface area contributed by atoms with Crippen LogP contribution >= 0.6 is 0 Å². The van der Waals surface area contributed by atoms with E-state index in [-0.39, 0.29) is 5.91 Å². The van der Waals surface area contributed by atoms with Crippen LogP contribution in [0.2, 0.25) is 0 Å². The number of amides is 1. The molecular formula is C14H22N2O. The number of rotatable bonds is 6. The van der Waals surface area contributed by atoms with Crippen molar-refractivity contribution in [3.63, 3.8) is 0 Å². The normalized spacial score (nSPS) is 10.3. The van der Waals surface area contributed by atoms with Crippen molar-refractivity contribution >= 4 is 5.91 Å². The fraction of sp³-hybridized carbons (Fsp3) is 0.500. The van der Waals surface area contributed by atoms with E-state index in [0.717, 1.165) is 24.1 Å². The number of nitrogens with two attached hydrogens (primary N) is 1. The first kappa shape index (κ1) is 13.7. The zero-order chi connectivity index (χ0) is 12.7. The Hall–Kier alpha value is -1.35. The maximum absolute atomic E-state index is 12.1. The standard InChI is InChI=1S/C14H22N2O/c1-3-4-5-9-16(2)14(17)13-8-6-7-12(10-13)11-15/h6-8,10H,3-5,9,11,15H2,1-2H3. The van der Waals surface area contributed by atoms with E-state index in [4.69, 9.17) is 5.73 Å². The van der Waals surface area contributed by atoms with Gasteiger partial charge >= 0.3 is 0 Å². The molecule has 1 rings (SSSR count). The van der Waals surface area contributed by atoms with Crippen molar-refractivity contribution in [1.29, 1.82) is 0 Å². The van der Waals surface area contributed by atoms with Gasteiger partial charge in [0.15, 0.2) is 0 Å². The minimum atomic E-state index is 0.0800. The number of nitrogens with zero attached hydrogens (tertiary/aromatic N) is 1. The summed E-state index contributed by atoms with van der Waals surface area (Å²) in [5.74, 6) is 0.0800. The molecule has 0 unspecified atom stereocenters. The molecule has 1 aromatic carbocycles. The van der Waals surface area contributed by atoms with Gasteiger partial charge in [0.25, 0.3) is 5.91 Å². The van der Waals surface area contributed by atoms with Crippen LogP contribution in [-0.2, 0) is 6.54 Å². The lowest BCUT2D eigenvalue weighted by Gasteiger charge is -2.17. The second-order valence-electron chi connectivity index (χ2n) is 4.34. The first-order valence-electron chi connectivity index (χ1n) is 6.23. The maximum atomic E-state index is 12.1. The average molecular weight is 234 g/mol. The van der Waals surface area contributed by atoms with E-state index in [9.17, 15) is 4.79 Å². The second kappa shape index (κ2) is 7.07. The zero-order valence-electron chi connectivity index (χ0n) is 10.8. The molecule has 0 radical (unpaired) electrons. The third-order valence-corrected chi connectivity index (χ3v) is 2.85. The second-order valence-corrected chi connectivity index (χ2v) is 4.34. The van der Waals surface area contributed by atoms with Crippen molar-refractivity contribution in [2.24, 2.45) is 5.73 Å². The molecule has 0 saturated carbocycles. The molecule has 3 nitrogen and oxygen atoms in total. The Bertz CT molecular complexity index is 363. The summed E-state index contributed by atoms with van der Waals surface area (Å²) in [5, 5.41) is 0. The molecule has 0 aliphatic rings. The molecular weight excluding hydrogens is 212 g/mol. The van der Waals surface area contributed by atoms with Gasteiger partial charge in [0.2, 0.25) is 0 Å². The molecule has 0 atom stereocenters. The van der Waals surface area contributed by atoms with Gasteiger partial charge in [0, 0.05) is 25.7 Å². The monoisotopic (exact) mass is 234 g/mol. The molecule has 0 fully saturated rings.